The highest BCUT2D eigenvalue weighted by Crippen LogP contribution is 2.23. The quantitative estimate of drug-likeness (QED) is 0.0151. The number of hydrogen-bond acceptors (Lipinski definition) is 16. The Labute approximate surface area is 659 Å². The normalized spacial score (nSPS) is 15.3. The number of carbonyl (C=O) groups excluding carboxylic acids is 11. The second-order valence-electron chi connectivity index (χ2n) is 28.6. The minimum Gasteiger partial charge on any atom is -0.508 e. The number of nitrogens with zero attached hydrogens (tertiary/aromatic N) is 4. The summed E-state index contributed by atoms with van der Waals surface area (Å²) in [5.41, 5.74) is 19.8. The molecule has 1 aliphatic heterocycles. The van der Waals surface area contributed by atoms with Crippen LogP contribution in [0, 0.1) is 5.92 Å². The van der Waals surface area contributed by atoms with Gasteiger partial charge in [-0.15, -0.1) is 0 Å². The molecule has 10 atom stereocenters. The Balaban J connectivity index is 1.28. The van der Waals surface area contributed by atoms with E-state index in [-0.39, 0.29) is 94.5 Å². The average Bonchev–Trinajstić information content (AvgIpc) is 1.78. The molecule has 6 rings (SSSR count). The average molecular weight is 1570 g/mol. The molecular formula is C80H113ClN18O13. The van der Waals surface area contributed by atoms with Crippen LogP contribution in [0.2, 0.25) is 5.02 Å². The Morgan fingerprint density at radius 3 is 1.52 bits per heavy atom. The van der Waals surface area contributed by atoms with Crippen LogP contribution in [0.1, 0.15) is 147 Å². The van der Waals surface area contributed by atoms with Gasteiger partial charge in [0.15, 0.2) is 11.9 Å². The lowest BCUT2D eigenvalue weighted by Crippen LogP contribution is -2.61. The number of aliphatic hydroxyl groups excluding tert-OH is 1. The van der Waals surface area contributed by atoms with E-state index in [2.05, 4.69) is 73.5 Å². The number of phenols is 1. The van der Waals surface area contributed by atoms with E-state index in [1.54, 1.807) is 36.4 Å². The van der Waals surface area contributed by atoms with E-state index < -0.39 is 132 Å². The number of likely N-dealkylation sites (tertiary alicyclic amines) is 1. The van der Waals surface area contributed by atoms with Crippen LogP contribution < -0.4 is 75.7 Å². The molecule has 5 aromatic rings. The number of primary amides is 1. The van der Waals surface area contributed by atoms with Crippen LogP contribution in [0.15, 0.2) is 126 Å². The van der Waals surface area contributed by atoms with Crippen LogP contribution >= 0.6 is 11.6 Å². The van der Waals surface area contributed by atoms with Crippen molar-refractivity contribution in [3.05, 3.63) is 143 Å². The molecule has 0 spiro atoms. The molecule has 19 N–H and O–H groups in total. The third-order valence-electron chi connectivity index (χ3n) is 18.8. The first-order valence-corrected chi connectivity index (χ1v) is 38.9. The van der Waals surface area contributed by atoms with Crippen molar-refractivity contribution in [1.29, 1.82) is 0 Å². The lowest BCUT2D eigenvalue weighted by Gasteiger charge is -2.31. The fraction of sp³-hybridized carbons (Fsp3) is 0.500. The molecule has 2 heterocycles. The first kappa shape index (κ1) is 89.9. The molecule has 0 aliphatic carbocycles. The predicted octanol–water partition coefficient (Wildman–Crippen LogP) is 2.53. The number of nitrogens with one attached hydrogen (secondary N) is 11. The number of guanidine groups is 2. The van der Waals surface area contributed by atoms with Gasteiger partial charge >= 0.3 is 0 Å². The summed E-state index contributed by atoms with van der Waals surface area (Å²) in [6, 6.07) is 15.1. The zero-order valence-corrected chi connectivity index (χ0v) is 65.6. The second kappa shape index (κ2) is 47.3. The summed E-state index contributed by atoms with van der Waals surface area (Å²) in [4.78, 5) is 172. The van der Waals surface area contributed by atoms with E-state index >= 15 is 9.59 Å². The number of amides is 11. The summed E-state index contributed by atoms with van der Waals surface area (Å²) >= 11 is 6.26. The maximum Gasteiger partial charge on any atom is 0.245 e. The van der Waals surface area contributed by atoms with Crippen LogP contribution in [0.25, 0.3) is 10.8 Å². The lowest BCUT2D eigenvalue weighted by molar-refractivity contribution is -0.142. The summed E-state index contributed by atoms with van der Waals surface area (Å²) in [5, 5.41) is 54.2. The van der Waals surface area contributed by atoms with Gasteiger partial charge in [0.2, 0.25) is 65.0 Å². The number of unbranched alkanes of at least 4 members (excludes halogenated alkanes) is 4. The molecular weight excluding hydrogens is 1460 g/mol. The first-order chi connectivity index (χ1) is 53.6. The molecule has 4 aromatic carbocycles. The SMILES string of the molecule is CCCCNC(N)=NCCCC[C@H](NC(=O)[C@H](CC(C)C)NC(=O)[C@@H](CCCCN=C(N)NCCCC)NC(=O)[C@H](Cc1ccc(O)cc1)NC(=O)[C@H](CO)NC(=O)[C@@H](Cc1cccnc1)NC(=O)[C@@H](Cc1ccc(Cl)cc1)NC(=O)[C@@H](Cc1ccc2ccccc2c1)NC(C)=O)C(=O)N1CCC[C@H]1C(=O)N[C@H](C)C(N)=O. The van der Waals surface area contributed by atoms with Gasteiger partial charge in [-0.2, -0.15) is 0 Å². The van der Waals surface area contributed by atoms with Crippen molar-refractivity contribution >= 4 is 99.3 Å². The Bertz CT molecular complexity index is 3980. The van der Waals surface area contributed by atoms with Gasteiger partial charge in [0.1, 0.15) is 66.2 Å². The number of aromatic nitrogens is 1. The predicted molar refractivity (Wildman–Crippen MR) is 428 cm³/mol. The van der Waals surface area contributed by atoms with E-state index in [1.165, 1.54) is 55.4 Å². The number of rotatable bonds is 46. The van der Waals surface area contributed by atoms with Crippen LogP contribution in [0.4, 0.5) is 0 Å². The van der Waals surface area contributed by atoms with Crippen LogP contribution in [-0.2, 0) is 78.4 Å². The monoisotopic (exact) mass is 1570 g/mol. The first-order valence-electron chi connectivity index (χ1n) is 38.5. The number of pyridine rings is 1. The maximum absolute atomic E-state index is 15.2. The van der Waals surface area contributed by atoms with E-state index in [9.17, 15) is 53.4 Å². The minimum absolute atomic E-state index is 0.0335. The minimum atomic E-state index is -1.83. The fourth-order valence-corrected chi connectivity index (χ4v) is 12.7. The van der Waals surface area contributed by atoms with Gasteiger partial charge in [0.05, 0.1) is 6.61 Å². The molecule has 11 amide bonds. The van der Waals surface area contributed by atoms with E-state index in [0.29, 0.717) is 72.6 Å². The van der Waals surface area contributed by atoms with Crippen molar-refractivity contribution in [2.45, 2.75) is 211 Å². The molecule has 1 saturated heterocycles. The van der Waals surface area contributed by atoms with Gasteiger partial charge < -0.3 is 90.8 Å². The Kier molecular flexibility index (Phi) is 38.0. The molecule has 31 nitrogen and oxygen atoms in total. The Morgan fingerprint density at radius 1 is 0.527 bits per heavy atom. The number of carbonyl (C=O) groups is 11. The van der Waals surface area contributed by atoms with Gasteiger partial charge in [-0.1, -0.05) is 125 Å². The lowest BCUT2D eigenvalue weighted by atomic mass is 9.99. The van der Waals surface area contributed by atoms with Gasteiger partial charge in [-0.3, -0.25) is 67.7 Å². The van der Waals surface area contributed by atoms with Gasteiger partial charge in [-0.05, 0) is 147 Å². The van der Waals surface area contributed by atoms with Crippen LogP contribution in [-0.4, -0.2) is 197 Å². The largest absolute Gasteiger partial charge is 0.508 e. The summed E-state index contributed by atoms with van der Waals surface area (Å²) in [5.74, 6) is -8.55. The van der Waals surface area contributed by atoms with E-state index in [0.717, 1.165) is 36.5 Å². The fourth-order valence-electron chi connectivity index (χ4n) is 12.6. The molecule has 1 aromatic heterocycles. The second-order valence-corrected chi connectivity index (χ2v) is 29.0. The summed E-state index contributed by atoms with van der Waals surface area (Å²) in [6.07, 6.45) is 8.09. The smallest absolute Gasteiger partial charge is 0.245 e. The Morgan fingerprint density at radius 2 is 0.991 bits per heavy atom. The molecule has 0 unspecified atom stereocenters. The molecule has 0 bridgehead atoms. The summed E-state index contributed by atoms with van der Waals surface area (Å²) in [6.45, 7) is 11.2. The molecule has 0 radical (unpaired) electrons. The highest BCUT2D eigenvalue weighted by molar-refractivity contribution is 6.30. The number of aliphatic imine (C=N–C) groups is 2. The summed E-state index contributed by atoms with van der Waals surface area (Å²) < 4.78 is 0. The standard InChI is InChI=1S/C80H113ClN18O13/c1-7-9-36-86-79(83)88-38-15-13-22-60(70(104)94-62(41-49(3)4)71(105)93-61(23-14-16-39-89-80(84)87-37-10-8-2)78(112)99-40-18-24-68(99)77(111)90-50(5)69(82)103)92-73(107)64(44-53-28-33-59(102)34-29-53)97-76(110)67(48-100)98-75(109)66(46-55-19-17-35-85-47-55)96-74(108)65(43-52-26-31-58(81)32-27-52)95-72(106)63(91-51(6)101)45-54-25-30-56-20-11-12-21-57(56)42-54/h11-12,17,19-21,25-35,42,47,49-50,60-68,100,102H,7-10,13-16,18,22-24,36-41,43-46,48H2,1-6H3,(H2,82,103)(H,90,111)(H,91,101)(H,92,107)(H,93,105)(H,94,104)(H,95,106)(H,96,108)(H,97,110)(H,98,109)(H3,83,86,88)(H3,84,87,89)/t50-,60-,61+,62+,63-,64+,65-,66-,67+,68+/m1/s1. The molecule has 1 fully saturated rings. The molecule has 608 valence electrons. The van der Waals surface area contributed by atoms with E-state index in [1.807, 2.05) is 70.2 Å². The number of fused-ring (bicyclic) bond motifs is 1. The van der Waals surface area contributed by atoms with Crippen molar-refractivity contribution in [3.8, 4) is 5.75 Å². The topological polar surface area (TPSA) is 479 Å². The zero-order chi connectivity index (χ0) is 81.7. The van der Waals surface area contributed by atoms with E-state index in [4.69, 9.17) is 28.8 Å². The van der Waals surface area contributed by atoms with Crippen molar-refractivity contribution in [3.63, 3.8) is 0 Å². The third-order valence-corrected chi connectivity index (χ3v) is 19.1. The number of benzene rings is 4. The van der Waals surface area contributed by atoms with Crippen LogP contribution in [0.3, 0.4) is 0 Å². The Hall–Kier alpha value is -11.0. The third kappa shape index (κ3) is 31.1. The van der Waals surface area contributed by atoms with Crippen molar-refractivity contribution in [2.24, 2.45) is 33.1 Å². The number of halogens is 1. The molecule has 0 saturated carbocycles. The molecule has 112 heavy (non-hydrogen) atoms. The van der Waals surface area contributed by atoms with Crippen molar-refractivity contribution in [1.82, 2.24) is 68.4 Å². The van der Waals surface area contributed by atoms with Crippen molar-refractivity contribution < 1.29 is 63.0 Å². The highest BCUT2D eigenvalue weighted by atomic mass is 35.5. The highest BCUT2D eigenvalue weighted by Gasteiger charge is 2.40. The van der Waals surface area contributed by atoms with Gasteiger partial charge in [0, 0.05) is 82.7 Å². The number of hydrogen-bond donors (Lipinski definition) is 16. The number of nitrogens with two attached hydrogens (primary N) is 3. The molecule has 1 aliphatic rings. The number of aromatic hydroxyl groups is 1. The molecule has 32 heteroatoms. The van der Waals surface area contributed by atoms with Crippen molar-refractivity contribution in [2.75, 3.05) is 39.3 Å². The zero-order valence-electron chi connectivity index (χ0n) is 64.9. The number of phenolic OH excluding ortho intramolecular Hbond substituents is 1. The van der Waals surface area contributed by atoms with Gasteiger partial charge in [0.25, 0.3) is 0 Å². The maximum atomic E-state index is 15.2. The summed E-state index contributed by atoms with van der Waals surface area (Å²) in [7, 11) is 0. The number of aliphatic hydroxyl groups is 1. The van der Waals surface area contributed by atoms with Gasteiger partial charge in [-0.25, -0.2) is 0 Å². The van der Waals surface area contributed by atoms with Crippen LogP contribution in [0.5, 0.6) is 5.75 Å².